The minimum Gasteiger partial charge on any atom is -0.349 e. The van der Waals surface area contributed by atoms with Gasteiger partial charge in [-0.05, 0) is 43.4 Å². The zero-order valence-electron chi connectivity index (χ0n) is 9.62. The number of benzene rings is 1. The fraction of sp³-hybridized carbons (Fsp3) is 0.357. The topological polar surface area (TPSA) is 29.1 Å². The lowest BCUT2D eigenvalue weighted by molar-refractivity contribution is 0.0916. The van der Waals surface area contributed by atoms with Crippen LogP contribution in [-0.4, -0.2) is 11.9 Å². The van der Waals surface area contributed by atoms with Crippen molar-refractivity contribution < 1.29 is 4.79 Å². The van der Waals surface area contributed by atoms with Crippen molar-refractivity contribution in [1.82, 2.24) is 5.32 Å². The fourth-order valence-electron chi connectivity index (χ4n) is 1.97. The number of rotatable bonds is 3. The molecule has 1 aromatic carbocycles. The van der Waals surface area contributed by atoms with Crippen LogP contribution < -0.4 is 5.32 Å². The molecule has 1 amide bonds. The summed E-state index contributed by atoms with van der Waals surface area (Å²) in [6.07, 6.45) is 5.21. The largest absolute Gasteiger partial charge is 0.349 e. The summed E-state index contributed by atoms with van der Waals surface area (Å²) in [5.74, 6) is 0.0308. The van der Waals surface area contributed by atoms with Crippen molar-refractivity contribution in [3.63, 3.8) is 0 Å². The Morgan fingerprint density at radius 2 is 2.25 bits per heavy atom. The average Bonchev–Trinajstić information content (AvgIpc) is 2.22. The normalized spacial score (nSPS) is 15.3. The Labute approximate surface area is 96.4 Å². The lowest BCUT2D eigenvalue weighted by Gasteiger charge is -2.26. The summed E-state index contributed by atoms with van der Waals surface area (Å²) >= 11 is 0. The van der Waals surface area contributed by atoms with Crippen molar-refractivity contribution in [2.75, 3.05) is 0 Å². The van der Waals surface area contributed by atoms with Crippen LogP contribution >= 0.6 is 0 Å². The van der Waals surface area contributed by atoms with E-state index in [4.69, 9.17) is 0 Å². The van der Waals surface area contributed by atoms with Crippen LogP contribution in [0.1, 0.15) is 40.7 Å². The molecule has 1 N–H and O–H groups in total. The summed E-state index contributed by atoms with van der Waals surface area (Å²) in [6, 6.07) is 6.15. The lowest BCUT2D eigenvalue weighted by atomic mass is 9.92. The third-order valence-electron chi connectivity index (χ3n) is 3.21. The van der Waals surface area contributed by atoms with E-state index in [1.807, 2.05) is 25.1 Å². The number of aryl methyl sites for hydroxylation is 1. The maximum absolute atomic E-state index is 12.0. The van der Waals surface area contributed by atoms with Gasteiger partial charge in [0.1, 0.15) is 0 Å². The zero-order valence-corrected chi connectivity index (χ0v) is 9.62. The molecule has 2 heteroatoms. The Hall–Kier alpha value is -1.57. The summed E-state index contributed by atoms with van der Waals surface area (Å²) in [4.78, 5) is 12.0. The first-order valence-electron chi connectivity index (χ1n) is 5.75. The third kappa shape index (κ3) is 2.01. The Balaban J connectivity index is 2.21. The predicted molar refractivity (Wildman–Crippen MR) is 66.4 cm³/mol. The molecule has 2 nitrogen and oxygen atoms in total. The van der Waals surface area contributed by atoms with Crippen LogP contribution in [-0.2, 0) is 0 Å². The van der Waals surface area contributed by atoms with Crippen LogP contribution in [0.5, 0.6) is 0 Å². The van der Waals surface area contributed by atoms with Crippen LogP contribution in [0.25, 0.3) is 6.08 Å². The van der Waals surface area contributed by atoms with E-state index in [1.54, 1.807) is 6.08 Å². The van der Waals surface area contributed by atoms with Gasteiger partial charge in [0.2, 0.25) is 0 Å². The Kier molecular flexibility index (Phi) is 3.09. The summed E-state index contributed by atoms with van der Waals surface area (Å²) < 4.78 is 0. The summed E-state index contributed by atoms with van der Waals surface area (Å²) in [7, 11) is 0. The highest BCUT2D eigenvalue weighted by molar-refractivity contribution is 5.98. The third-order valence-corrected chi connectivity index (χ3v) is 3.21. The minimum atomic E-state index is 0.0308. The van der Waals surface area contributed by atoms with Gasteiger partial charge in [-0.25, -0.2) is 0 Å². The first-order chi connectivity index (χ1) is 7.72. The standard InChI is InChI=1S/C14H17NO/c1-3-12-10(2)6-4-9-13(12)14(16)15-11-7-5-8-11/h3-4,6,9,11H,1,5,7-8H2,2H3,(H,15,16). The number of nitrogens with one attached hydrogen (secondary N) is 1. The van der Waals surface area contributed by atoms with E-state index in [1.165, 1.54) is 6.42 Å². The molecule has 0 saturated heterocycles. The van der Waals surface area contributed by atoms with Gasteiger partial charge < -0.3 is 5.32 Å². The number of carbonyl (C=O) groups is 1. The van der Waals surface area contributed by atoms with Crippen molar-refractivity contribution in [1.29, 1.82) is 0 Å². The van der Waals surface area contributed by atoms with E-state index in [0.717, 1.165) is 29.5 Å². The molecular weight excluding hydrogens is 198 g/mol. The van der Waals surface area contributed by atoms with Gasteiger partial charge in [-0.15, -0.1) is 0 Å². The Morgan fingerprint density at radius 3 is 2.81 bits per heavy atom. The van der Waals surface area contributed by atoms with E-state index in [9.17, 15) is 4.79 Å². The highest BCUT2D eigenvalue weighted by atomic mass is 16.1. The van der Waals surface area contributed by atoms with Crippen LogP contribution in [0, 0.1) is 6.92 Å². The van der Waals surface area contributed by atoms with E-state index in [-0.39, 0.29) is 5.91 Å². The van der Waals surface area contributed by atoms with Gasteiger partial charge in [-0.1, -0.05) is 24.8 Å². The molecule has 84 valence electrons. The summed E-state index contributed by atoms with van der Waals surface area (Å²) in [5.41, 5.74) is 2.78. The van der Waals surface area contributed by atoms with E-state index < -0.39 is 0 Å². The molecule has 0 radical (unpaired) electrons. The van der Waals surface area contributed by atoms with Gasteiger partial charge in [0.25, 0.3) is 5.91 Å². The highest BCUT2D eigenvalue weighted by Crippen LogP contribution is 2.20. The molecule has 1 fully saturated rings. The van der Waals surface area contributed by atoms with Crippen molar-refractivity contribution in [2.45, 2.75) is 32.2 Å². The van der Waals surface area contributed by atoms with Crippen molar-refractivity contribution >= 4 is 12.0 Å². The van der Waals surface area contributed by atoms with Crippen LogP contribution in [0.4, 0.5) is 0 Å². The molecule has 0 heterocycles. The van der Waals surface area contributed by atoms with Crippen molar-refractivity contribution in [3.8, 4) is 0 Å². The Morgan fingerprint density at radius 1 is 1.50 bits per heavy atom. The zero-order chi connectivity index (χ0) is 11.5. The second kappa shape index (κ2) is 4.52. The first kappa shape index (κ1) is 10.9. The lowest BCUT2D eigenvalue weighted by Crippen LogP contribution is -2.39. The summed E-state index contributed by atoms with van der Waals surface area (Å²) in [5, 5.41) is 3.05. The van der Waals surface area contributed by atoms with Gasteiger partial charge in [0.15, 0.2) is 0 Å². The molecule has 1 saturated carbocycles. The van der Waals surface area contributed by atoms with Crippen molar-refractivity contribution in [2.24, 2.45) is 0 Å². The molecule has 0 spiro atoms. The van der Waals surface area contributed by atoms with Gasteiger partial charge in [-0.3, -0.25) is 4.79 Å². The number of amides is 1. The highest BCUT2D eigenvalue weighted by Gasteiger charge is 2.21. The van der Waals surface area contributed by atoms with E-state index >= 15 is 0 Å². The molecule has 0 aromatic heterocycles. The molecule has 0 unspecified atom stereocenters. The molecule has 1 aliphatic rings. The molecule has 1 aromatic rings. The van der Waals surface area contributed by atoms with Gasteiger partial charge in [-0.2, -0.15) is 0 Å². The van der Waals surface area contributed by atoms with E-state index in [2.05, 4.69) is 11.9 Å². The van der Waals surface area contributed by atoms with Gasteiger partial charge in [0, 0.05) is 11.6 Å². The predicted octanol–water partition coefficient (Wildman–Crippen LogP) is 2.92. The molecule has 16 heavy (non-hydrogen) atoms. The molecule has 0 bridgehead atoms. The first-order valence-corrected chi connectivity index (χ1v) is 5.75. The van der Waals surface area contributed by atoms with Crippen LogP contribution in [0.2, 0.25) is 0 Å². The van der Waals surface area contributed by atoms with Gasteiger partial charge in [0.05, 0.1) is 0 Å². The Bertz CT molecular complexity index is 419. The second-order valence-electron chi connectivity index (χ2n) is 4.34. The minimum absolute atomic E-state index is 0.0308. The number of hydrogen-bond donors (Lipinski definition) is 1. The van der Waals surface area contributed by atoms with E-state index in [0.29, 0.717) is 6.04 Å². The molecule has 2 rings (SSSR count). The van der Waals surface area contributed by atoms with Crippen molar-refractivity contribution in [3.05, 3.63) is 41.5 Å². The maximum atomic E-state index is 12.0. The number of hydrogen-bond acceptors (Lipinski definition) is 1. The smallest absolute Gasteiger partial charge is 0.252 e. The number of carbonyl (C=O) groups excluding carboxylic acids is 1. The SMILES string of the molecule is C=Cc1c(C)cccc1C(=O)NC1CCC1. The fourth-order valence-corrected chi connectivity index (χ4v) is 1.97. The summed E-state index contributed by atoms with van der Waals surface area (Å²) in [6.45, 7) is 5.77. The van der Waals surface area contributed by atoms with Crippen LogP contribution in [0.15, 0.2) is 24.8 Å². The second-order valence-corrected chi connectivity index (χ2v) is 4.34. The molecule has 0 aliphatic heterocycles. The van der Waals surface area contributed by atoms with Gasteiger partial charge >= 0.3 is 0 Å². The van der Waals surface area contributed by atoms with Crippen LogP contribution in [0.3, 0.4) is 0 Å². The molecular formula is C14H17NO. The molecule has 0 atom stereocenters. The monoisotopic (exact) mass is 215 g/mol. The average molecular weight is 215 g/mol. The maximum Gasteiger partial charge on any atom is 0.252 e. The molecule has 1 aliphatic carbocycles. The quantitative estimate of drug-likeness (QED) is 0.825.